The van der Waals surface area contributed by atoms with Gasteiger partial charge in [-0.15, -0.1) is 0 Å². The molecule has 1 aromatic heterocycles. The van der Waals surface area contributed by atoms with Gasteiger partial charge in [-0.1, -0.05) is 0 Å². The van der Waals surface area contributed by atoms with Crippen molar-refractivity contribution >= 4 is 27.6 Å². The Morgan fingerprint density at radius 3 is 2.84 bits per heavy atom. The monoisotopic (exact) mass is 301 g/mol. The fourth-order valence-electron chi connectivity index (χ4n) is 1.98. The molecule has 2 heterocycles. The van der Waals surface area contributed by atoms with Gasteiger partial charge in [0.1, 0.15) is 5.82 Å². The molecule has 0 bridgehead atoms. The molecule has 2 N–H and O–H groups in total. The van der Waals surface area contributed by atoms with Crippen LogP contribution in [-0.2, 0) is 10.0 Å². The van der Waals surface area contributed by atoms with E-state index in [1.165, 1.54) is 12.3 Å². The van der Waals surface area contributed by atoms with Gasteiger partial charge in [0.25, 0.3) is 0 Å². The van der Waals surface area contributed by atoms with Gasteiger partial charge in [-0.2, -0.15) is 11.8 Å². The van der Waals surface area contributed by atoms with E-state index in [0.717, 1.165) is 24.3 Å². The quantitative estimate of drug-likeness (QED) is 0.863. The van der Waals surface area contributed by atoms with Crippen LogP contribution in [0.4, 0.5) is 5.82 Å². The highest BCUT2D eigenvalue weighted by Crippen LogP contribution is 2.22. The van der Waals surface area contributed by atoms with E-state index in [4.69, 9.17) is 0 Å². The third-order valence-electron chi connectivity index (χ3n) is 3.20. The van der Waals surface area contributed by atoms with Crippen LogP contribution in [0, 0.1) is 5.92 Å². The molecule has 0 saturated carbocycles. The summed E-state index contributed by atoms with van der Waals surface area (Å²) in [5.74, 6) is 3.27. The summed E-state index contributed by atoms with van der Waals surface area (Å²) in [6, 6.07) is 3.05. The molecule has 0 unspecified atom stereocenters. The zero-order valence-corrected chi connectivity index (χ0v) is 12.6. The minimum atomic E-state index is -3.43. The minimum absolute atomic E-state index is 0.261. The van der Waals surface area contributed by atoms with Crippen LogP contribution in [0.2, 0.25) is 0 Å². The molecule has 5 nitrogen and oxygen atoms in total. The van der Waals surface area contributed by atoms with Crippen molar-refractivity contribution in [2.75, 3.05) is 30.4 Å². The van der Waals surface area contributed by atoms with E-state index in [1.807, 2.05) is 11.8 Å². The molecule has 0 aromatic carbocycles. The average Bonchev–Trinajstić information content (AvgIpc) is 2.46. The second-order valence-electron chi connectivity index (χ2n) is 4.53. The largest absolute Gasteiger partial charge is 0.373 e. The van der Waals surface area contributed by atoms with Crippen LogP contribution in [-0.4, -0.2) is 38.5 Å². The summed E-state index contributed by atoms with van der Waals surface area (Å²) in [6.07, 6.45) is 3.67. The molecule has 0 amide bonds. The Morgan fingerprint density at radius 1 is 1.42 bits per heavy atom. The number of nitrogens with zero attached hydrogens (tertiary/aromatic N) is 1. The van der Waals surface area contributed by atoms with Gasteiger partial charge >= 0.3 is 0 Å². The van der Waals surface area contributed by atoms with Crippen molar-refractivity contribution in [2.45, 2.75) is 17.7 Å². The van der Waals surface area contributed by atoms with E-state index in [9.17, 15) is 8.42 Å². The lowest BCUT2D eigenvalue weighted by Gasteiger charge is -2.21. The van der Waals surface area contributed by atoms with Crippen molar-refractivity contribution < 1.29 is 8.42 Å². The Bertz CT molecular complexity index is 513. The van der Waals surface area contributed by atoms with E-state index in [-0.39, 0.29) is 4.90 Å². The summed E-state index contributed by atoms with van der Waals surface area (Å²) in [5, 5.41) is 2.84. The van der Waals surface area contributed by atoms with Crippen LogP contribution in [0.3, 0.4) is 0 Å². The third-order valence-corrected chi connectivity index (χ3v) is 5.67. The van der Waals surface area contributed by atoms with Gasteiger partial charge in [0.15, 0.2) is 0 Å². The first-order valence-corrected chi connectivity index (χ1v) is 8.97. The number of hydrogen-bond acceptors (Lipinski definition) is 5. The zero-order valence-electron chi connectivity index (χ0n) is 10.9. The lowest BCUT2D eigenvalue weighted by molar-refractivity contribution is 0.476. The Kier molecular flexibility index (Phi) is 5.06. The predicted molar refractivity (Wildman–Crippen MR) is 79.0 cm³/mol. The minimum Gasteiger partial charge on any atom is -0.373 e. The first-order valence-electron chi connectivity index (χ1n) is 6.33. The topological polar surface area (TPSA) is 71.1 Å². The molecule has 7 heteroatoms. The highest BCUT2D eigenvalue weighted by Gasteiger charge is 2.19. The number of hydrogen-bond donors (Lipinski definition) is 2. The van der Waals surface area contributed by atoms with Gasteiger partial charge in [0, 0.05) is 25.9 Å². The predicted octanol–water partition coefficient (Wildman–Crippen LogP) is 1.54. The second-order valence-corrected chi connectivity index (χ2v) is 7.53. The van der Waals surface area contributed by atoms with Crippen molar-refractivity contribution in [2.24, 2.45) is 5.92 Å². The van der Waals surface area contributed by atoms with Gasteiger partial charge in [0.2, 0.25) is 10.0 Å². The van der Waals surface area contributed by atoms with E-state index in [1.54, 1.807) is 13.1 Å². The third kappa shape index (κ3) is 4.09. The Labute approximate surface area is 118 Å². The molecule has 1 fully saturated rings. The number of aromatic nitrogens is 1. The zero-order chi connectivity index (χ0) is 13.7. The Balaban J connectivity index is 2.00. The number of pyridine rings is 1. The Morgan fingerprint density at radius 2 is 2.16 bits per heavy atom. The van der Waals surface area contributed by atoms with Gasteiger partial charge in [0.05, 0.1) is 4.90 Å². The summed E-state index contributed by atoms with van der Waals surface area (Å²) in [6.45, 7) is 0.528. The van der Waals surface area contributed by atoms with Crippen molar-refractivity contribution in [1.29, 1.82) is 0 Å². The average molecular weight is 301 g/mol. The molecule has 1 aliphatic rings. The summed E-state index contributed by atoms with van der Waals surface area (Å²) < 4.78 is 27.0. The molecule has 19 heavy (non-hydrogen) atoms. The number of anilines is 1. The Hall–Kier alpha value is -0.790. The lowest BCUT2D eigenvalue weighted by Crippen LogP contribution is -2.31. The smallest absolute Gasteiger partial charge is 0.240 e. The molecule has 106 valence electrons. The molecular weight excluding hydrogens is 282 g/mol. The first-order chi connectivity index (χ1) is 9.12. The maximum atomic E-state index is 12.2. The van der Waals surface area contributed by atoms with Gasteiger partial charge < -0.3 is 5.32 Å². The van der Waals surface area contributed by atoms with E-state index in [0.29, 0.717) is 18.3 Å². The SMILES string of the molecule is CNc1cc(S(=O)(=O)NCC2CCSCC2)ccn1. The molecular formula is C12H19N3O2S2. The van der Waals surface area contributed by atoms with Crippen LogP contribution < -0.4 is 10.0 Å². The van der Waals surface area contributed by atoms with Crippen molar-refractivity contribution in [1.82, 2.24) is 9.71 Å². The molecule has 1 saturated heterocycles. The first kappa shape index (κ1) is 14.6. The van der Waals surface area contributed by atoms with E-state index in [2.05, 4.69) is 15.0 Å². The summed E-state index contributed by atoms with van der Waals surface area (Å²) in [7, 11) is -1.71. The highest BCUT2D eigenvalue weighted by atomic mass is 32.2. The van der Waals surface area contributed by atoms with E-state index >= 15 is 0 Å². The number of nitrogens with one attached hydrogen (secondary N) is 2. The van der Waals surface area contributed by atoms with Crippen LogP contribution in [0.5, 0.6) is 0 Å². The summed E-state index contributed by atoms with van der Waals surface area (Å²) in [5.41, 5.74) is 0. The van der Waals surface area contributed by atoms with Gasteiger partial charge in [-0.05, 0) is 36.3 Å². The van der Waals surface area contributed by atoms with Gasteiger partial charge in [-0.25, -0.2) is 18.1 Å². The van der Waals surface area contributed by atoms with Crippen molar-refractivity contribution in [3.63, 3.8) is 0 Å². The molecule has 0 spiro atoms. The van der Waals surface area contributed by atoms with Crippen LogP contribution >= 0.6 is 11.8 Å². The lowest BCUT2D eigenvalue weighted by atomic mass is 10.0. The van der Waals surface area contributed by atoms with Crippen molar-refractivity contribution in [3.05, 3.63) is 18.3 Å². The summed E-state index contributed by atoms with van der Waals surface area (Å²) in [4.78, 5) is 4.28. The highest BCUT2D eigenvalue weighted by molar-refractivity contribution is 7.99. The van der Waals surface area contributed by atoms with Crippen LogP contribution in [0.25, 0.3) is 0 Å². The van der Waals surface area contributed by atoms with Crippen LogP contribution in [0.15, 0.2) is 23.2 Å². The van der Waals surface area contributed by atoms with Gasteiger partial charge in [-0.3, -0.25) is 0 Å². The van der Waals surface area contributed by atoms with Crippen LogP contribution in [0.1, 0.15) is 12.8 Å². The molecule has 2 rings (SSSR count). The molecule has 0 aliphatic carbocycles. The molecule has 1 aliphatic heterocycles. The fourth-order valence-corrected chi connectivity index (χ4v) is 4.31. The fraction of sp³-hybridized carbons (Fsp3) is 0.583. The maximum absolute atomic E-state index is 12.2. The number of sulfonamides is 1. The molecule has 0 atom stereocenters. The number of thioether (sulfide) groups is 1. The molecule has 1 aromatic rings. The van der Waals surface area contributed by atoms with Crippen molar-refractivity contribution in [3.8, 4) is 0 Å². The standard InChI is InChI=1S/C12H19N3O2S2/c1-13-12-8-11(2-5-14-12)19(16,17)15-9-10-3-6-18-7-4-10/h2,5,8,10,15H,3-4,6-7,9H2,1H3,(H,13,14). The second kappa shape index (κ2) is 6.58. The van der Waals surface area contributed by atoms with E-state index < -0.39 is 10.0 Å². The maximum Gasteiger partial charge on any atom is 0.240 e. The molecule has 0 radical (unpaired) electrons. The normalized spacial score (nSPS) is 17.3. The summed E-state index contributed by atoms with van der Waals surface area (Å²) >= 11 is 1.94. The number of rotatable bonds is 5.